The summed E-state index contributed by atoms with van der Waals surface area (Å²) in [5.74, 6) is 0.191. The SMILES string of the molecule is CCC1CCC(=O)N1c1ccc(N(C)C(C)=O)cc1. The van der Waals surface area contributed by atoms with Crippen LogP contribution < -0.4 is 9.80 Å². The van der Waals surface area contributed by atoms with Crippen molar-refractivity contribution in [3.8, 4) is 0 Å². The maximum Gasteiger partial charge on any atom is 0.227 e. The van der Waals surface area contributed by atoms with Gasteiger partial charge in [-0.1, -0.05) is 6.92 Å². The Morgan fingerprint density at radius 1 is 1.37 bits per heavy atom. The Kier molecular flexibility index (Phi) is 3.88. The molecule has 0 aromatic heterocycles. The molecule has 1 aromatic carbocycles. The van der Waals surface area contributed by atoms with Crippen molar-refractivity contribution in [1.82, 2.24) is 0 Å². The molecule has 19 heavy (non-hydrogen) atoms. The number of nitrogens with zero attached hydrogens (tertiary/aromatic N) is 2. The predicted octanol–water partition coefficient (Wildman–Crippen LogP) is 2.57. The van der Waals surface area contributed by atoms with Crippen LogP contribution in [0.15, 0.2) is 24.3 Å². The lowest BCUT2D eigenvalue weighted by atomic mass is 10.1. The Labute approximate surface area is 114 Å². The highest BCUT2D eigenvalue weighted by atomic mass is 16.2. The molecule has 1 aromatic rings. The van der Waals surface area contributed by atoms with Gasteiger partial charge in [0.15, 0.2) is 0 Å². The van der Waals surface area contributed by atoms with E-state index in [1.165, 1.54) is 6.92 Å². The van der Waals surface area contributed by atoms with Crippen molar-refractivity contribution >= 4 is 23.2 Å². The maximum atomic E-state index is 11.9. The quantitative estimate of drug-likeness (QED) is 0.838. The second-order valence-corrected chi connectivity index (χ2v) is 4.96. The average molecular weight is 260 g/mol. The first-order valence-electron chi connectivity index (χ1n) is 6.71. The van der Waals surface area contributed by atoms with E-state index >= 15 is 0 Å². The minimum absolute atomic E-state index is 0.00330. The van der Waals surface area contributed by atoms with Crippen molar-refractivity contribution in [2.75, 3.05) is 16.8 Å². The highest BCUT2D eigenvalue weighted by molar-refractivity contribution is 5.97. The van der Waals surface area contributed by atoms with Crippen LogP contribution in [0.2, 0.25) is 0 Å². The molecule has 2 amide bonds. The van der Waals surface area contributed by atoms with Crippen molar-refractivity contribution in [2.45, 2.75) is 39.2 Å². The van der Waals surface area contributed by atoms with Crippen LogP contribution in [0.25, 0.3) is 0 Å². The summed E-state index contributed by atoms with van der Waals surface area (Å²) in [5.41, 5.74) is 1.77. The summed E-state index contributed by atoms with van der Waals surface area (Å²) in [5, 5.41) is 0. The number of carbonyl (C=O) groups is 2. The third kappa shape index (κ3) is 2.62. The summed E-state index contributed by atoms with van der Waals surface area (Å²) in [6.45, 7) is 3.64. The number of hydrogen-bond donors (Lipinski definition) is 0. The minimum atomic E-state index is -0.00330. The lowest BCUT2D eigenvalue weighted by molar-refractivity contribution is -0.117. The molecular weight excluding hydrogens is 240 g/mol. The first-order chi connectivity index (χ1) is 9.04. The molecule has 1 fully saturated rings. The molecule has 1 unspecified atom stereocenters. The van der Waals surface area contributed by atoms with Gasteiger partial charge in [-0.2, -0.15) is 0 Å². The van der Waals surface area contributed by atoms with Gasteiger partial charge in [-0.15, -0.1) is 0 Å². The van der Waals surface area contributed by atoms with Crippen LogP contribution in [-0.2, 0) is 9.59 Å². The van der Waals surface area contributed by atoms with Crippen molar-refractivity contribution in [3.05, 3.63) is 24.3 Å². The third-order valence-corrected chi connectivity index (χ3v) is 3.78. The average Bonchev–Trinajstić information content (AvgIpc) is 2.79. The highest BCUT2D eigenvalue weighted by Gasteiger charge is 2.30. The van der Waals surface area contributed by atoms with E-state index in [1.807, 2.05) is 29.2 Å². The topological polar surface area (TPSA) is 40.6 Å². The largest absolute Gasteiger partial charge is 0.316 e. The van der Waals surface area contributed by atoms with Crippen LogP contribution in [0, 0.1) is 0 Å². The Hall–Kier alpha value is -1.84. The second-order valence-electron chi connectivity index (χ2n) is 4.96. The van der Waals surface area contributed by atoms with Gasteiger partial charge in [-0.25, -0.2) is 0 Å². The molecule has 4 nitrogen and oxygen atoms in total. The van der Waals surface area contributed by atoms with Gasteiger partial charge in [-0.05, 0) is 37.1 Å². The van der Waals surface area contributed by atoms with Crippen molar-refractivity contribution in [2.24, 2.45) is 0 Å². The molecule has 102 valence electrons. The van der Waals surface area contributed by atoms with E-state index < -0.39 is 0 Å². The Bertz CT molecular complexity index is 481. The fourth-order valence-electron chi connectivity index (χ4n) is 2.50. The standard InChI is InChI=1S/C15H20N2O2/c1-4-12-9-10-15(19)17(12)14-7-5-13(6-8-14)16(3)11(2)18/h5-8,12H,4,9-10H2,1-3H3. The summed E-state index contributed by atoms with van der Waals surface area (Å²) in [6, 6.07) is 7.91. The van der Waals surface area contributed by atoms with E-state index in [0.29, 0.717) is 12.5 Å². The van der Waals surface area contributed by atoms with E-state index in [4.69, 9.17) is 0 Å². The molecule has 1 heterocycles. The van der Waals surface area contributed by atoms with Crippen LogP contribution in [0.3, 0.4) is 0 Å². The fourth-order valence-corrected chi connectivity index (χ4v) is 2.50. The molecule has 1 saturated heterocycles. The van der Waals surface area contributed by atoms with E-state index in [-0.39, 0.29) is 11.8 Å². The molecule has 2 rings (SSSR count). The third-order valence-electron chi connectivity index (χ3n) is 3.78. The number of benzene rings is 1. The molecule has 0 spiro atoms. The van der Waals surface area contributed by atoms with Gasteiger partial charge in [0, 0.05) is 37.8 Å². The van der Waals surface area contributed by atoms with Crippen LogP contribution in [0.1, 0.15) is 33.1 Å². The number of rotatable bonds is 3. The van der Waals surface area contributed by atoms with Crippen LogP contribution >= 0.6 is 0 Å². The van der Waals surface area contributed by atoms with Crippen molar-refractivity contribution < 1.29 is 9.59 Å². The Balaban J connectivity index is 2.22. The monoisotopic (exact) mass is 260 g/mol. The number of hydrogen-bond acceptors (Lipinski definition) is 2. The lowest BCUT2D eigenvalue weighted by Gasteiger charge is -2.24. The zero-order valence-electron chi connectivity index (χ0n) is 11.7. The van der Waals surface area contributed by atoms with Crippen LogP contribution in [-0.4, -0.2) is 24.9 Å². The maximum absolute atomic E-state index is 11.9. The van der Waals surface area contributed by atoms with Crippen LogP contribution in [0.5, 0.6) is 0 Å². The number of amides is 2. The fraction of sp³-hybridized carbons (Fsp3) is 0.467. The molecule has 4 heteroatoms. The smallest absolute Gasteiger partial charge is 0.227 e. The first kappa shape index (κ1) is 13.6. The molecule has 0 radical (unpaired) electrons. The zero-order valence-corrected chi connectivity index (χ0v) is 11.7. The highest BCUT2D eigenvalue weighted by Crippen LogP contribution is 2.29. The van der Waals surface area contributed by atoms with Gasteiger partial charge >= 0.3 is 0 Å². The van der Waals surface area contributed by atoms with E-state index in [0.717, 1.165) is 24.2 Å². The summed E-state index contributed by atoms with van der Waals surface area (Å²) >= 11 is 0. The summed E-state index contributed by atoms with van der Waals surface area (Å²) in [6.07, 6.45) is 2.54. The Morgan fingerprint density at radius 3 is 2.53 bits per heavy atom. The molecule has 0 N–H and O–H groups in total. The normalized spacial score (nSPS) is 18.8. The van der Waals surface area contributed by atoms with Gasteiger partial charge < -0.3 is 9.80 Å². The molecular formula is C15H20N2O2. The van der Waals surface area contributed by atoms with Gasteiger partial charge in [-0.3, -0.25) is 9.59 Å². The van der Waals surface area contributed by atoms with E-state index in [2.05, 4.69) is 6.92 Å². The molecule has 1 aliphatic rings. The number of anilines is 2. The van der Waals surface area contributed by atoms with Gasteiger partial charge in [0.25, 0.3) is 0 Å². The van der Waals surface area contributed by atoms with Crippen molar-refractivity contribution in [3.63, 3.8) is 0 Å². The molecule has 0 saturated carbocycles. The van der Waals surface area contributed by atoms with Crippen LogP contribution in [0.4, 0.5) is 11.4 Å². The molecule has 0 aliphatic carbocycles. The van der Waals surface area contributed by atoms with E-state index in [9.17, 15) is 9.59 Å². The predicted molar refractivity (Wildman–Crippen MR) is 76.3 cm³/mol. The number of carbonyl (C=O) groups excluding carboxylic acids is 2. The lowest BCUT2D eigenvalue weighted by Crippen LogP contribution is -2.32. The minimum Gasteiger partial charge on any atom is -0.316 e. The van der Waals surface area contributed by atoms with Crippen molar-refractivity contribution in [1.29, 1.82) is 0 Å². The zero-order chi connectivity index (χ0) is 14.0. The van der Waals surface area contributed by atoms with Gasteiger partial charge in [0.05, 0.1) is 0 Å². The van der Waals surface area contributed by atoms with Gasteiger partial charge in [0.1, 0.15) is 0 Å². The molecule has 0 bridgehead atoms. The Morgan fingerprint density at radius 2 is 2.00 bits per heavy atom. The van der Waals surface area contributed by atoms with Gasteiger partial charge in [0.2, 0.25) is 11.8 Å². The summed E-state index contributed by atoms with van der Waals surface area (Å²) in [7, 11) is 1.74. The summed E-state index contributed by atoms with van der Waals surface area (Å²) in [4.78, 5) is 26.7. The summed E-state index contributed by atoms with van der Waals surface area (Å²) < 4.78 is 0. The molecule has 1 atom stereocenters. The first-order valence-corrected chi connectivity index (χ1v) is 6.71. The second kappa shape index (κ2) is 5.43. The molecule has 1 aliphatic heterocycles. The van der Waals surface area contributed by atoms with E-state index in [1.54, 1.807) is 11.9 Å².